The summed E-state index contributed by atoms with van der Waals surface area (Å²) in [5.41, 5.74) is -0.112. The van der Waals surface area contributed by atoms with Crippen LogP contribution in [-0.4, -0.2) is 34.0 Å². The Morgan fingerprint density at radius 3 is 2.00 bits per heavy atom. The smallest absolute Gasteiger partial charge is 0.233 e. The van der Waals surface area contributed by atoms with Crippen LogP contribution in [0.15, 0.2) is 0 Å². The first-order valence-corrected chi connectivity index (χ1v) is 6.49. The molecule has 3 aliphatic rings. The zero-order valence-corrected chi connectivity index (χ0v) is 10.3. The fraction of sp³-hybridized carbons (Fsp3) is 0.846. The summed E-state index contributed by atoms with van der Waals surface area (Å²) in [6.07, 6.45) is 2.70. The molecular formula is C13H19NO3. The molecule has 2 unspecified atom stereocenters. The lowest BCUT2D eigenvalue weighted by Gasteiger charge is -2.33. The van der Waals surface area contributed by atoms with Gasteiger partial charge in [0.05, 0.1) is 17.9 Å². The Morgan fingerprint density at radius 1 is 1.06 bits per heavy atom. The molecule has 0 aromatic heterocycles. The molecule has 2 amide bonds. The molecule has 1 heterocycles. The number of imide groups is 1. The van der Waals surface area contributed by atoms with Crippen molar-refractivity contribution in [2.45, 2.75) is 51.7 Å². The van der Waals surface area contributed by atoms with Gasteiger partial charge in [0.25, 0.3) is 0 Å². The Bertz CT molecular complexity index is 358. The van der Waals surface area contributed by atoms with Gasteiger partial charge in [-0.05, 0) is 31.1 Å². The number of rotatable bonds is 1. The van der Waals surface area contributed by atoms with Crippen LogP contribution in [-0.2, 0) is 9.59 Å². The van der Waals surface area contributed by atoms with Crippen molar-refractivity contribution in [1.82, 2.24) is 4.90 Å². The van der Waals surface area contributed by atoms with E-state index in [1.165, 1.54) is 4.90 Å². The zero-order valence-electron chi connectivity index (χ0n) is 10.3. The first-order chi connectivity index (χ1) is 7.94. The molecule has 94 valence electrons. The number of hydrogen-bond acceptors (Lipinski definition) is 3. The van der Waals surface area contributed by atoms with Gasteiger partial charge >= 0.3 is 0 Å². The van der Waals surface area contributed by atoms with Crippen molar-refractivity contribution in [3.63, 3.8) is 0 Å². The number of carbonyl (C=O) groups excluding carboxylic acids is 2. The predicted octanol–water partition coefficient (Wildman–Crippen LogP) is 0.931. The van der Waals surface area contributed by atoms with Gasteiger partial charge < -0.3 is 5.11 Å². The van der Waals surface area contributed by atoms with Gasteiger partial charge in [0.2, 0.25) is 11.8 Å². The van der Waals surface area contributed by atoms with E-state index >= 15 is 0 Å². The number of fused-ring (bicyclic) bond motifs is 1. The Morgan fingerprint density at radius 2 is 1.53 bits per heavy atom. The molecule has 0 radical (unpaired) electrons. The summed E-state index contributed by atoms with van der Waals surface area (Å²) in [7, 11) is 0. The Balaban J connectivity index is 1.75. The molecular weight excluding hydrogens is 218 g/mol. The van der Waals surface area contributed by atoms with E-state index in [0.717, 1.165) is 12.8 Å². The second-order valence-electron chi connectivity index (χ2n) is 6.29. The third kappa shape index (κ3) is 1.39. The predicted molar refractivity (Wildman–Crippen MR) is 60.9 cm³/mol. The average molecular weight is 237 g/mol. The molecule has 2 atom stereocenters. The lowest BCUT2D eigenvalue weighted by Crippen LogP contribution is -2.46. The third-order valence-corrected chi connectivity index (χ3v) is 4.87. The summed E-state index contributed by atoms with van der Waals surface area (Å²) in [4.78, 5) is 25.9. The zero-order chi connectivity index (χ0) is 12.4. The maximum atomic E-state index is 12.2. The standard InChI is InChI=1S/C13H19NO3/c1-13(2)9-10(13)12(17)14(11(9)16)7-3-5-8(15)6-4-7/h7-10,15H,3-6H2,1-2H3. The van der Waals surface area contributed by atoms with Crippen molar-refractivity contribution in [1.29, 1.82) is 0 Å². The third-order valence-electron chi connectivity index (χ3n) is 4.87. The van der Waals surface area contributed by atoms with Crippen LogP contribution in [0.2, 0.25) is 0 Å². The van der Waals surface area contributed by atoms with Crippen molar-refractivity contribution < 1.29 is 14.7 Å². The van der Waals surface area contributed by atoms with E-state index in [1.54, 1.807) is 0 Å². The quantitative estimate of drug-likeness (QED) is 0.690. The van der Waals surface area contributed by atoms with Gasteiger partial charge in [0.1, 0.15) is 0 Å². The van der Waals surface area contributed by atoms with Gasteiger partial charge in [-0.25, -0.2) is 0 Å². The summed E-state index contributed by atoms with van der Waals surface area (Å²) < 4.78 is 0. The van der Waals surface area contributed by atoms with Gasteiger partial charge in [-0.2, -0.15) is 0 Å². The lowest BCUT2D eigenvalue weighted by atomic mass is 9.91. The van der Waals surface area contributed by atoms with E-state index in [1.807, 2.05) is 13.8 Å². The van der Waals surface area contributed by atoms with Gasteiger partial charge in [-0.3, -0.25) is 14.5 Å². The molecule has 2 aliphatic carbocycles. The fourth-order valence-electron chi connectivity index (χ4n) is 3.64. The van der Waals surface area contributed by atoms with Gasteiger partial charge in [-0.1, -0.05) is 13.8 Å². The van der Waals surface area contributed by atoms with Crippen molar-refractivity contribution in [3.8, 4) is 0 Å². The van der Waals surface area contributed by atoms with Crippen LogP contribution in [0.25, 0.3) is 0 Å². The minimum absolute atomic E-state index is 0.0337. The molecule has 0 aromatic carbocycles. The highest BCUT2D eigenvalue weighted by Gasteiger charge is 2.73. The summed E-state index contributed by atoms with van der Waals surface area (Å²) >= 11 is 0. The maximum absolute atomic E-state index is 12.2. The number of aliphatic hydroxyl groups excluding tert-OH is 1. The van der Waals surface area contributed by atoms with Crippen LogP contribution in [0.1, 0.15) is 39.5 Å². The van der Waals surface area contributed by atoms with Crippen molar-refractivity contribution in [3.05, 3.63) is 0 Å². The molecule has 2 saturated carbocycles. The first-order valence-electron chi connectivity index (χ1n) is 6.49. The molecule has 1 N–H and O–H groups in total. The summed E-state index contributed by atoms with van der Waals surface area (Å²) in [6, 6.07) is 0.0435. The first kappa shape index (κ1) is 11.2. The summed E-state index contributed by atoms with van der Waals surface area (Å²) in [5.74, 6) is -0.0681. The summed E-state index contributed by atoms with van der Waals surface area (Å²) in [6.45, 7) is 4.00. The molecule has 0 aromatic rings. The van der Waals surface area contributed by atoms with Crippen molar-refractivity contribution in [2.75, 3.05) is 0 Å². The maximum Gasteiger partial charge on any atom is 0.233 e. The lowest BCUT2D eigenvalue weighted by molar-refractivity contribution is -0.147. The van der Waals surface area contributed by atoms with E-state index in [-0.39, 0.29) is 41.2 Å². The van der Waals surface area contributed by atoms with E-state index in [2.05, 4.69) is 0 Å². The average Bonchev–Trinajstić information content (AvgIpc) is 2.72. The van der Waals surface area contributed by atoms with Gasteiger partial charge in [0, 0.05) is 6.04 Å². The number of piperidine rings is 1. The molecule has 17 heavy (non-hydrogen) atoms. The topological polar surface area (TPSA) is 57.6 Å². The number of aliphatic hydroxyl groups is 1. The van der Waals surface area contributed by atoms with Crippen LogP contribution in [0.5, 0.6) is 0 Å². The largest absolute Gasteiger partial charge is 0.393 e. The van der Waals surface area contributed by atoms with Crippen molar-refractivity contribution >= 4 is 11.8 Å². The van der Waals surface area contributed by atoms with Crippen LogP contribution < -0.4 is 0 Å². The minimum atomic E-state index is -0.245. The highest BCUT2D eigenvalue weighted by molar-refractivity contribution is 6.10. The molecule has 3 rings (SSSR count). The second-order valence-corrected chi connectivity index (χ2v) is 6.29. The normalized spacial score (nSPS) is 43.8. The van der Waals surface area contributed by atoms with E-state index < -0.39 is 0 Å². The van der Waals surface area contributed by atoms with E-state index in [4.69, 9.17) is 0 Å². The number of nitrogens with zero attached hydrogens (tertiary/aromatic N) is 1. The molecule has 3 fully saturated rings. The number of amides is 2. The minimum Gasteiger partial charge on any atom is -0.393 e. The number of hydrogen-bond donors (Lipinski definition) is 1. The van der Waals surface area contributed by atoms with E-state index in [9.17, 15) is 14.7 Å². The van der Waals surface area contributed by atoms with Crippen molar-refractivity contribution in [2.24, 2.45) is 17.3 Å². The molecule has 1 saturated heterocycles. The van der Waals surface area contributed by atoms with Gasteiger partial charge in [0.15, 0.2) is 0 Å². The number of likely N-dealkylation sites (tertiary alicyclic amines) is 1. The molecule has 4 nitrogen and oxygen atoms in total. The van der Waals surface area contributed by atoms with Crippen LogP contribution in [0, 0.1) is 17.3 Å². The SMILES string of the molecule is CC1(C)C2C(=O)N(C3CCC(O)CC3)C(=O)C21. The summed E-state index contributed by atoms with van der Waals surface area (Å²) in [5, 5.41) is 9.46. The Labute approximate surface area is 101 Å². The second kappa shape index (κ2) is 3.31. The van der Waals surface area contributed by atoms with Crippen LogP contribution >= 0.6 is 0 Å². The molecule has 4 heteroatoms. The van der Waals surface area contributed by atoms with Gasteiger partial charge in [-0.15, -0.1) is 0 Å². The monoisotopic (exact) mass is 237 g/mol. The highest BCUT2D eigenvalue weighted by Crippen LogP contribution is 2.63. The van der Waals surface area contributed by atoms with Crippen LogP contribution in [0.4, 0.5) is 0 Å². The molecule has 1 aliphatic heterocycles. The highest BCUT2D eigenvalue weighted by atomic mass is 16.3. The molecule has 0 bridgehead atoms. The number of carbonyl (C=O) groups is 2. The van der Waals surface area contributed by atoms with Crippen LogP contribution in [0.3, 0.4) is 0 Å². The Hall–Kier alpha value is -0.900. The fourth-order valence-corrected chi connectivity index (χ4v) is 3.64. The Kier molecular flexibility index (Phi) is 2.18. The van der Waals surface area contributed by atoms with E-state index in [0.29, 0.717) is 12.8 Å². The molecule has 0 spiro atoms.